The van der Waals surface area contributed by atoms with Gasteiger partial charge in [-0.25, -0.2) is 9.97 Å². The molecule has 0 saturated carbocycles. The summed E-state index contributed by atoms with van der Waals surface area (Å²) < 4.78 is 6.19. The van der Waals surface area contributed by atoms with E-state index in [-0.39, 0.29) is 0 Å². The van der Waals surface area contributed by atoms with Crippen molar-refractivity contribution in [3.63, 3.8) is 0 Å². The monoisotopic (exact) mass is 688 g/mol. The Bertz CT molecular complexity index is 3010. The van der Waals surface area contributed by atoms with Crippen LogP contribution in [0.5, 0.6) is 0 Å². The molecular weight excluding hydrogens is 657 g/mol. The predicted octanol–water partition coefficient (Wildman–Crippen LogP) is 12.9. The average molecular weight is 689 g/mol. The van der Waals surface area contributed by atoms with E-state index in [2.05, 4.69) is 182 Å². The SMILES string of the molecule is c1ccc(C2(c3ccccc3)c3ccccc3-c3cc(-c4cc(-c5ccc6oc7ccccc7c6c5)nc(-c5ccc6ccccc6c5)n4)ccc32)cc1. The summed E-state index contributed by atoms with van der Waals surface area (Å²) in [7, 11) is 0. The Morgan fingerprint density at radius 2 is 0.963 bits per heavy atom. The second kappa shape index (κ2) is 12.0. The lowest BCUT2D eigenvalue weighted by molar-refractivity contribution is 0.669. The molecule has 0 bridgehead atoms. The molecule has 3 nitrogen and oxygen atoms in total. The van der Waals surface area contributed by atoms with E-state index in [1.54, 1.807) is 0 Å². The zero-order valence-electron chi connectivity index (χ0n) is 29.3. The summed E-state index contributed by atoms with van der Waals surface area (Å²) >= 11 is 0. The number of furan rings is 1. The molecular formula is C51H32N2O. The Balaban J connectivity index is 1.14. The standard InChI is InChI=1S/C51H32N2O/c1-3-15-38(16-4-1)51(39-17-5-2-6-18-39)44-21-11-9-19-40(44)42-30-35(25-27-45(42)51)46-32-47(36-26-28-49-43(31-36)41-20-10-12-22-48(41)54-49)53-50(52-46)37-24-23-33-13-7-8-14-34(33)29-37/h1-32H. The van der Waals surface area contributed by atoms with Crippen LogP contribution in [-0.4, -0.2) is 9.97 Å². The maximum Gasteiger partial charge on any atom is 0.160 e. The fraction of sp³-hybridized carbons (Fsp3) is 0.0196. The zero-order valence-corrected chi connectivity index (χ0v) is 29.3. The van der Waals surface area contributed by atoms with E-state index in [1.807, 2.05) is 12.1 Å². The molecule has 11 rings (SSSR count). The summed E-state index contributed by atoms with van der Waals surface area (Å²) in [6.07, 6.45) is 0. The quantitative estimate of drug-likeness (QED) is 0.181. The van der Waals surface area contributed by atoms with Crippen molar-refractivity contribution in [1.29, 1.82) is 0 Å². The van der Waals surface area contributed by atoms with E-state index in [4.69, 9.17) is 14.4 Å². The van der Waals surface area contributed by atoms with Crippen LogP contribution in [0.1, 0.15) is 22.3 Å². The van der Waals surface area contributed by atoms with E-state index >= 15 is 0 Å². The van der Waals surface area contributed by atoms with Gasteiger partial charge in [-0.15, -0.1) is 0 Å². The van der Waals surface area contributed by atoms with Crippen LogP contribution in [0.4, 0.5) is 0 Å². The molecule has 1 aliphatic rings. The maximum absolute atomic E-state index is 6.19. The number of para-hydroxylation sites is 1. The van der Waals surface area contributed by atoms with Crippen molar-refractivity contribution in [2.24, 2.45) is 0 Å². The molecule has 1 aliphatic carbocycles. The third-order valence-corrected chi connectivity index (χ3v) is 11.2. The lowest BCUT2D eigenvalue weighted by Crippen LogP contribution is -2.28. The molecule has 10 aromatic rings. The second-order valence-corrected chi connectivity index (χ2v) is 14.1. The topological polar surface area (TPSA) is 38.9 Å². The van der Waals surface area contributed by atoms with Crippen molar-refractivity contribution >= 4 is 32.7 Å². The molecule has 3 heteroatoms. The molecule has 252 valence electrons. The first kappa shape index (κ1) is 30.5. The van der Waals surface area contributed by atoms with Crippen LogP contribution in [-0.2, 0) is 5.41 Å². The van der Waals surface area contributed by atoms with Crippen LogP contribution < -0.4 is 0 Å². The summed E-state index contributed by atoms with van der Waals surface area (Å²) in [5.74, 6) is 0.689. The molecule has 8 aromatic carbocycles. The molecule has 0 amide bonds. The first-order valence-corrected chi connectivity index (χ1v) is 18.4. The third-order valence-electron chi connectivity index (χ3n) is 11.2. The molecule has 0 atom stereocenters. The number of hydrogen-bond donors (Lipinski definition) is 0. The van der Waals surface area contributed by atoms with Gasteiger partial charge in [0.1, 0.15) is 11.2 Å². The van der Waals surface area contributed by atoms with Gasteiger partial charge in [-0.05, 0) is 86.6 Å². The predicted molar refractivity (Wildman–Crippen MR) is 220 cm³/mol. The maximum atomic E-state index is 6.19. The number of rotatable bonds is 5. The second-order valence-electron chi connectivity index (χ2n) is 14.1. The van der Waals surface area contributed by atoms with Gasteiger partial charge in [0, 0.05) is 27.5 Å². The van der Waals surface area contributed by atoms with Crippen molar-refractivity contribution in [2.75, 3.05) is 0 Å². The fourth-order valence-corrected chi connectivity index (χ4v) is 8.69. The van der Waals surface area contributed by atoms with E-state index < -0.39 is 5.41 Å². The van der Waals surface area contributed by atoms with Crippen LogP contribution in [0.3, 0.4) is 0 Å². The highest BCUT2D eigenvalue weighted by molar-refractivity contribution is 6.06. The van der Waals surface area contributed by atoms with Crippen molar-refractivity contribution in [2.45, 2.75) is 5.41 Å². The minimum atomic E-state index is -0.456. The lowest BCUT2D eigenvalue weighted by Gasteiger charge is -2.33. The van der Waals surface area contributed by atoms with Crippen LogP contribution >= 0.6 is 0 Å². The minimum absolute atomic E-state index is 0.456. The number of fused-ring (bicyclic) bond motifs is 7. The van der Waals surface area contributed by atoms with E-state index in [0.29, 0.717) is 5.82 Å². The molecule has 0 saturated heterocycles. The molecule has 54 heavy (non-hydrogen) atoms. The van der Waals surface area contributed by atoms with E-state index in [0.717, 1.165) is 55.4 Å². The zero-order chi connectivity index (χ0) is 35.6. The van der Waals surface area contributed by atoms with Gasteiger partial charge in [-0.3, -0.25) is 0 Å². The molecule has 0 N–H and O–H groups in total. The average Bonchev–Trinajstić information content (AvgIpc) is 3.77. The molecule has 2 aromatic heterocycles. The molecule has 0 spiro atoms. The van der Waals surface area contributed by atoms with Crippen molar-refractivity contribution in [1.82, 2.24) is 9.97 Å². The summed E-state index contributed by atoms with van der Waals surface area (Å²) in [5, 5.41) is 4.51. The minimum Gasteiger partial charge on any atom is -0.456 e. The molecule has 0 fully saturated rings. The Morgan fingerprint density at radius 1 is 0.370 bits per heavy atom. The Labute approximate surface area is 312 Å². The van der Waals surface area contributed by atoms with Crippen molar-refractivity contribution < 1.29 is 4.42 Å². The summed E-state index contributed by atoms with van der Waals surface area (Å²) in [5.41, 5.74) is 13.6. The Hall–Kier alpha value is -7.10. The van der Waals surface area contributed by atoms with Crippen molar-refractivity contribution in [3.8, 4) is 45.0 Å². The lowest BCUT2D eigenvalue weighted by atomic mass is 9.67. The van der Waals surface area contributed by atoms with Gasteiger partial charge in [0.05, 0.1) is 16.8 Å². The fourth-order valence-electron chi connectivity index (χ4n) is 8.69. The molecule has 0 unspecified atom stereocenters. The van der Waals surface area contributed by atoms with Gasteiger partial charge in [-0.1, -0.05) is 152 Å². The normalized spacial score (nSPS) is 13.0. The summed E-state index contributed by atoms with van der Waals surface area (Å²) in [4.78, 5) is 10.6. The highest BCUT2D eigenvalue weighted by atomic mass is 16.3. The Morgan fingerprint density at radius 3 is 1.76 bits per heavy atom. The van der Waals surface area contributed by atoms with Crippen LogP contribution in [0.15, 0.2) is 199 Å². The highest BCUT2D eigenvalue weighted by Gasteiger charge is 2.46. The number of aromatic nitrogens is 2. The number of benzene rings is 8. The van der Waals surface area contributed by atoms with Crippen LogP contribution in [0.2, 0.25) is 0 Å². The largest absolute Gasteiger partial charge is 0.456 e. The third kappa shape index (κ3) is 4.62. The van der Waals surface area contributed by atoms with Crippen LogP contribution in [0, 0.1) is 0 Å². The van der Waals surface area contributed by atoms with Gasteiger partial charge in [0.15, 0.2) is 5.82 Å². The molecule has 0 radical (unpaired) electrons. The van der Waals surface area contributed by atoms with Gasteiger partial charge in [0.25, 0.3) is 0 Å². The van der Waals surface area contributed by atoms with Crippen molar-refractivity contribution in [3.05, 3.63) is 216 Å². The van der Waals surface area contributed by atoms with Gasteiger partial charge in [0.2, 0.25) is 0 Å². The smallest absolute Gasteiger partial charge is 0.160 e. The summed E-state index contributed by atoms with van der Waals surface area (Å²) in [6.45, 7) is 0. The first-order chi connectivity index (χ1) is 26.7. The van der Waals surface area contributed by atoms with E-state index in [1.165, 1.54) is 38.8 Å². The van der Waals surface area contributed by atoms with E-state index in [9.17, 15) is 0 Å². The summed E-state index contributed by atoms with van der Waals surface area (Å²) in [6, 6.07) is 69.2. The number of nitrogens with zero attached hydrogens (tertiary/aromatic N) is 2. The molecule has 0 aliphatic heterocycles. The van der Waals surface area contributed by atoms with Gasteiger partial charge in [-0.2, -0.15) is 0 Å². The highest BCUT2D eigenvalue weighted by Crippen LogP contribution is 2.56. The molecule has 2 heterocycles. The van der Waals surface area contributed by atoms with Crippen LogP contribution in [0.25, 0.3) is 77.7 Å². The Kier molecular flexibility index (Phi) is 6.77. The number of hydrogen-bond acceptors (Lipinski definition) is 3. The van der Waals surface area contributed by atoms with Gasteiger partial charge >= 0.3 is 0 Å². The first-order valence-electron chi connectivity index (χ1n) is 18.4. The van der Waals surface area contributed by atoms with Gasteiger partial charge < -0.3 is 4.42 Å².